The molecule has 5 heteroatoms. The molecule has 1 aromatic heterocycles. The summed E-state index contributed by atoms with van der Waals surface area (Å²) in [6.07, 6.45) is 2.37. The van der Waals surface area contributed by atoms with E-state index in [0.29, 0.717) is 23.1 Å². The van der Waals surface area contributed by atoms with Crippen LogP contribution in [0.5, 0.6) is 11.6 Å². The average molecular weight is 389 g/mol. The highest BCUT2D eigenvalue weighted by Gasteiger charge is 2.19. The molecule has 0 saturated heterocycles. The van der Waals surface area contributed by atoms with Gasteiger partial charge in [0.25, 0.3) is 5.91 Å². The fraction of sp³-hybridized carbons (Fsp3) is 0.292. The molecule has 3 aromatic rings. The van der Waals surface area contributed by atoms with Crippen LogP contribution in [0.25, 0.3) is 11.4 Å². The summed E-state index contributed by atoms with van der Waals surface area (Å²) in [5, 5.41) is 2.96. The Hall–Kier alpha value is -3.21. The third-order valence-corrected chi connectivity index (χ3v) is 4.76. The van der Waals surface area contributed by atoms with Gasteiger partial charge in [0.2, 0.25) is 5.88 Å². The molecule has 5 nitrogen and oxygen atoms in total. The summed E-state index contributed by atoms with van der Waals surface area (Å²) in [7, 11) is 0. The highest BCUT2D eigenvalue weighted by molar-refractivity contribution is 5.96. The minimum atomic E-state index is -0.242. The Morgan fingerprint density at radius 3 is 2.52 bits per heavy atom. The number of carbonyl (C=O) groups excluding carboxylic acids is 1. The molecule has 0 fully saturated rings. The summed E-state index contributed by atoms with van der Waals surface area (Å²) >= 11 is 0. The van der Waals surface area contributed by atoms with Crippen molar-refractivity contribution in [3.05, 3.63) is 71.9 Å². The Bertz CT molecular complexity index is 971. The van der Waals surface area contributed by atoms with Crippen LogP contribution in [-0.4, -0.2) is 21.9 Å². The molecule has 0 bridgehead atoms. The van der Waals surface area contributed by atoms with Gasteiger partial charge < -0.3 is 10.1 Å². The van der Waals surface area contributed by atoms with Gasteiger partial charge in [-0.3, -0.25) is 4.79 Å². The lowest BCUT2D eigenvalue weighted by Gasteiger charge is -2.15. The van der Waals surface area contributed by atoms with Gasteiger partial charge in [-0.15, -0.1) is 0 Å². The largest absolute Gasteiger partial charge is 0.438 e. The molecule has 0 aliphatic heterocycles. The fourth-order valence-electron chi connectivity index (χ4n) is 2.78. The van der Waals surface area contributed by atoms with Gasteiger partial charge in [-0.05, 0) is 37.0 Å². The SMILES string of the molecule is CC[C@@H](C)NC(=O)c1cnc(-c2ccccc2)nc1Oc1cccc(C(C)C)c1. The van der Waals surface area contributed by atoms with Crippen LogP contribution in [0.1, 0.15) is 56.0 Å². The Morgan fingerprint density at radius 1 is 1.07 bits per heavy atom. The molecule has 1 N–H and O–H groups in total. The lowest BCUT2D eigenvalue weighted by Crippen LogP contribution is -2.32. The summed E-state index contributed by atoms with van der Waals surface area (Å²) in [6.45, 7) is 8.24. The van der Waals surface area contributed by atoms with Gasteiger partial charge in [0.15, 0.2) is 5.82 Å². The Balaban J connectivity index is 2.00. The standard InChI is InChI=1S/C24H27N3O2/c1-5-17(4)26-23(28)21-15-25-22(18-10-7-6-8-11-18)27-24(21)29-20-13-9-12-19(14-20)16(2)3/h6-17H,5H2,1-4H3,(H,26,28)/t17-/m1/s1. The summed E-state index contributed by atoms with van der Waals surface area (Å²) < 4.78 is 6.09. The first-order chi connectivity index (χ1) is 14.0. The number of benzene rings is 2. The number of rotatable bonds is 7. The van der Waals surface area contributed by atoms with Crippen LogP contribution in [0.3, 0.4) is 0 Å². The van der Waals surface area contributed by atoms with Crippen molar-refractivity contribution < 1.29 is 9.53 Å². The predicted molar refractivity (Wildman–Crippen MR) is 115 cm³/mol. The topological polar surface area (TPSA) is 64.1 Å². The normalized spacial score (nSPS) is 11.9. The molecule has 1 atom stereocenters. The van der Waals surface area contributed by atoms with Crippen molar-refractivity contribution in [3.63, 3.8) is 0 Å². The second-order valence-electron chi connectivity index (χ2n) is 7.39. The van der Waals surface area contributed by atoms with E-state index in [0.717, 1.165) is 17.5 Å². The van der Waals surface area contributed by atoms with E-state index in [1.54, 1.807) is 0 Å². The fourth-order valence-corrected chi connectivity index (χ4v) is 2.78. The van der Waals surface area contributed by atoms with E-state index in [-0.39, 0.29) is 17.8 Å². The van der Waals surface area contributed by atoms with Crippen LogP contribution in [-0.2, 0) is 0 Å². The number of aromatic nitrogens is 2. The van der Waals surface area contributed by atoms with E-state index in [1.807, 2.05) is 62.4 Å². The van der Waals surface area contributed by atoms with Gasteiger partial charge in [0, 0.05) is 17.8 Å². The third kappa shape index (κ3) is 5.19. The molecular weight excluding hydrogens is 362 g/mol. The van der Waals surface area contributed by atoms with Crippen molar-refractivity contribution >= 4 is 5.91 Å². The quantitative estimate of drug-likeness (QED) is 0.572. The van der Waals surface area contributed by atoms with Gasteiger partial charge in [-0.1, -0.05) is 63.2 Å². The zero-order valence-corrected chi connectivity index (χ0v) is 17.3. The van der Waals surface area contributed by atoms with Crippen LogP contribution in [0.4, 0.5) is 0 Å². The van der Waals surface area contributed by atoms with Crippen molar-refractivity contribution in [1.29, 1.82) is 0 Å². The van der Waals surface area contributed by atoms with E-state index in [2.05, 4.69) is 35.2 Å². The van der Waals surface area contributed by atoms with Gasteiger partial charge >= 0.3 is 0 Å². The smallest absolute Gasteiger partial charge is 0.258 e. The predicted octanol–water partition coefficient (Wildman–Crippen LogP) is 5.59. The molecule has 29 heavy (non-hydrogen) atoms. The number of ether oxygens (including phenoxy) is 1. The van der Waals surface area contributed by atoms with Crippen LogP contribution >= 0.6 is 0 Å². The van der Waals surface area contributed by atoms with Gasteiger partial charge in [0.1, 0.15) is 11.3 Å². The average Bonchev–Trinajstić information content (AvgIpc) is 2.74. The monoisotopic (exact) mass is 389 g/mol. The van der Waals surface area contributed by atoms with Gasteiger partial charge in [-0.2, -0.15) is 4.98 Å². The first-order valence-electron chi connectivity index (χ1n) is 9.99. The summed E-state index contributed by atoms with van der Waals surface area (Å²) in [4.78, 5) is 21.7. The van der Waals surface area contributed by atoms with E-state index in [1.165, 1.54) is 6.20 Å². The third-order valence-electron chi connectivity index (χ3n) is 4.76. The van der Waals surface area contributed by atoms with Crippen molar-refractivity contribution in [2.24, 2.45) is 0 Å². The second-order valence-corrected chi connectivity index (χ2v) is 7.39. The van der Waals surface area contributed by atoms with Crippen molar-refractivity contribution in [1.82, 2.24) is 15.3 Å². The van der Waals surface area contributed by atoms with Crippen LogP contribution < -0.4 is 10.1 Å². The van der Waals surface area contributed by atoms with Crippen LogP contribution in [0.2, 0.25) is 0 Å². The molecule has 1 amide bonds. The Kier molecular flexibility index (Phi) is 6.60. The minimum Gasteiger partial charge on any atom is -0.438 e. The van der Waals surface area contributed by atoms with Crippen LogP contribution in [0, 0.1) is 0 Å². The maximum atomic E-state index is 12.8. The zero-order valence-electron chi connectivity index (χ0n) is 17.3. The highest BCUT2D eigenvalue weighted by Crippen LogP contribution is 2.28. The summed E-state index contributed by atoms with van der Waals surface area (Å²) in [5.74, 6) is 1.54. The molecule has 3 rings (SSSR count). The number of hydrogen-bond donors (Lipinski definition) is 1. The number of nitrogens with zero attached hydrogens (tertiary/aromatic N) is 2. The van der Waals surface area contributed by atoms with Crippen molar-refractivity contribution in [2.75, 3.05) is 0 Å². The molecule has 0 spiro atoms. The molecule has 150 valence electrons. The second kappa shape index (κ2) is 9.32. The molecular formula is C24H27N3O2. The maximum Gasteiger partial charge on any atom is 0.258 e. The van der Waals surface area contributed by atoms with E-state index in [9.17, 15) is 4.79 Å². The number of hydrogen-bond acceptors (Lipinski definition) is 4. The molecule has 1 heterocycles. The summed E-state index contributed by atoms with van der Waals surface area (Å²) in [5.41, 5.74) is 2.34. The lowest BCUT2D eigenvalue weighted by atomic mass is 10.0. The summed E-state index contributed by atoms with van der Waals surface area (Å²) in [6, 6.07) is 17.5. The minimum absolute atomic E-state index is 0.0495. The molecule has 0 saturated carbocycles. The number of carbonyl (C=O) groups is 1. The molecule has 0 aliphatic rings. The molecule has 0 aliphatic carbocycles. The van der Waals surface area contributed by atoms with Crippen molar-refractivity contribution in [2.45, 2.75) is 46.1 Å². The van der Waals surface area contributed by atoms with E-state index >= 15 is 0 Å². The molecule has 0 unspecified atom stereocenters. The number of amides is 1. The van der Waals surface area contributed by atoms with E-state index < -0.39 is 0 Å². The number of nitrogens with one attached hydrogen (secondary N) is 1. The Labute approximate surface area is 172 Å². The first-order valence-corrected chi connectivity index (χ1v) is 9.99. The Morgan fingerprint density at radius 2 is 1.83 bits per heavy atom. The highest BCUT2D eigenvalue weighted by atomic mass is 16.5. The maximum absolute atomic E-state index is 12.8. The first kappa shape index (κ1) is 20.5. The van der Waals surface area contributed by atoms with Gasteiger partial charge in [-0.25, -0.2) is 4.98 Å². The van der Waals surface area contributed by atoms with Crippen LogP contribution in [0.15, 0.2) is 60.8 Å². The molecule has 2 aromatic carbocycles. The molecule has 0 radical (unpaired) electrons. The zero-order chi connectivity index (χ0) is 20.8. The van der Waals surface area contributed by atoms with E-state index in [4.69, 9.17) is 4.74 Å². The lowest BCUT2D eigenvalue weighted by molar-refractivity contribution is 0.0936. The van der Waals surface area contributed by atoms with Crippen molar-refractivity contribution in [3.8, 4) is 23.0 Å². The van der Waals surface area contributed by atoms with Gasteiger partial charge in [0.05, 0.1) is 0 Å².